The van der Waals surface area contributed by atoms with Crippen molar-refractivity contribution < 1.29 is 25.8 Å². The summed E-state index contributed by atoms with van der Waals surface area (Å²) in [5.74, 6) is 2.09. The number of ether oxygens (including phenoxy) is 1. The molecule has 9 rings (SSSR count). The molecule has 5 aromatic carbocycles. The Hall–Kier alpha value is -4.90. The van der Waals surface area contributed by atoms with E-state index in [0.717, 1.165) is 45.0 Å². The molecule has 220 valence electrons. The number of nitrogens with zero attached hydrogens (tertiary/aromatic N) is 4. The van der Waals surface area contributed by atoms with Crippen LogP contribution in [0.4, 0.5) is 22.7 Å². The van der Waals surface area contributed by atoms with E-state index in [9.17, 15) is 0 Å². The number of thiophene rings is 1. The van der Waals surface area contributed by atoms with Gasteiger partial charge in [0.05, 0.1) is 5.52 Å². The van der Waals surface area contributed by atoms with Gasteiger partial charge in [-0.1, -0.05) is 65.5 Å². The Balaban J connectivity index is 0.00000300. The first-order valence-electron chi connectivity index (χ1n) is 14.4. The molecule has 0 bridgehead atoms. The largest absolute Gasteiger partial charge is 0.509 e. The van der Waals surface area contributed by atoms with Gasteiger partial charge in [-0.2, -0.15) is 12.1 Å². The summed E-state index contributed by atoms with van der Waals surface area (Å²) < 4.78 is 11.1. The van der Waals surface area contributed by atoms with E-state index in [2.05, 4.69) is 112 Å². The van der Waals surface area contributed by atoms with Crippen molar-refractivity contribution in [3.63, 3.8) is 0 Å². The molecule has 0 atom stereocenters. The molecule has 8 aromatic rings. The maximum Gasteiger partial charge on any atom is 0.135 e. The average Bonchev–Trinajstić information content (AvgIpc) is 3.75. The predicted molar refractivity (Wildman–Crippen MR) is 180 cm³/mol. The molecule has 5 nitrogen and oxygen atoms in total. The number of fused-ring (bicyclic) bond motifs is 6. The molecule has 1 aliphatic heterocycles. The van der Waals surface area contributed by atoms with Crippen molar-refractivity contribution >= 4 is 65.3 Å². The second-order valence-corrected chi connectivity index (χ2v) is 11.6. The van der Waals surface area contributed by atoms with Crippen molar-refractivity contribution in [1.29, 1.82) is 0 Å². The first kappa shape index (κ1) is 27.6. The van der Waals surface area contributed by atoms with Crippen molar-refractivity contribution in [1.82, 2.24) is 9.55 Å². The van der Waals surface area contributed by atoms with E-state index in [-0.39, 0.29) is 21.1 Å². The number of hydrogen-bond donors (Lipinski definition) is 0. The molecule has 0 spiro atoms. The van der Waals surface area contributed by atoms with Gasteiger partial charge in [0, 0.05) is 70.6 Å². The normalized spacial score (nSPS) is 12.5. The van der Waals surface area contributed by atoms with Crippen molar-refractivity contribution in [2.24, 2.45) is 0 Å². The summed E-state index contributed by atoms with van der Waals surface area (Å²) in [5.41, 5.74) is 6.26. The third kappa shape index (κ3) is 4.60. The van der Waals surface area contributed by atoms with Gasteiger partial charge in [-0.25, -0.2) is 4.98 Å². The minimum Gasteiger partial charge on any atom is -0.509 e. The Morgan fingerprint density at radius 3 is 2.24 bits per heavy atom. The van der Waals surface area contributed by atoms with Crippen LogP contribution >= 0.6 is 11.3 Å². The van der Waals surface area contributed by atoms with E-state index in [0.29, 0.717) is 11.5 Å². The summed E-state index contributed by atoms with van der Waals surface area (Å²) in [6.45, 7) is 2.10. The predicted octanol–water partition coefficient (Wildman–Crippen LogP) is 10.2. The van der Waals surface area contributed by atoms with E-state index < -0.39 is 0 Å². The SMILES string of the molecule is [Pt].[c-]1c(Oc2[c-]c3c(cc2)c2sc4ccccc4c2n3-c2ccccn2)cccc1N1[CH-]N(c2ccccc2)c2ccccc21. The molecule has 0 unspecified atom stereocenters. The topological polar surface area (TPSA) is 33.5 Å². The van der Waals surface area contributed by atoms with Gasteiger partial charge in [-0.05, 0) is 42.5 Å². The maximum absolute atomic E-state index is 6.44. The maximum atomic E-state index is 6.44. The van der Waals surface area contributed by atoms with Gasteiger partial charge < -0.3 is 19.1 Å². The monoisotopic (exact) mass is 778 g/mol. The van der Waals surface area contributed by atoms with E-state index >= 15 is 0 Å². The standard InChI is InChI=1S/C38H23N4OS.Pt/c1-2-11-26(12-3-1)40-25-41(33-17-6-5-16-32(33)40)27-13-10-14-28(23-27)43-29-20-21-30-34(24-29)42(36-19-8-9-22-39-36)37-31-15-4-7-18-35(31)44-38(30)37;/h1-22,25H;/q-3;. The summed E-state index contributed by atoms with van der Waals surface area (Å²) in [7, 11) is 0. The van der Waals surface area contributed by atoms with Gasteiger partial charge in [-0.15, -0.1) is 54.0 Å². The van der Waals surface area contributed by atoms with Crippen LogP contribution in [0.1, 0.15) is 0 Å². The van der Waals surface area contributed by atoms with Crippen LogP contribution in [0.5, 0.6) is 11.5 Å². The second kappa shape index (κ2) is 11.2. The molecular weight excluding hydrogens is 756 g/mol. The van der Waals surface area contributed by atoms with E-state index in [4.69, 9.17) is 9.72 Å². The van der Waals surface area contributed by atoms with Crippen LogP contribution in [-0.4, -0.2) is 9.55 Å². The summed E-state index contributed by atoms with van der Waals surface area (Å²) in [5, 5.41) is 2.33. The fraction of sp³-hybridized carbons (Fsp3) is 0. The molecule has 0 N–H and O–H groups in total. The minimum atomic E-state index is 0. The number of aromatic nitrogens is 2. The molecule has 45 heavy (non-hydrogen) atoms. The molecule has 1 aliphatic rings. The molecule has 4 heterocycles. The van der Waals surface area contributed by atoms with E-state index in [1.165, 1.54) is 14.8 Å². The van der Waals surface area contributed by atoms with Crippen LogP contribution in [0.15, 0.2) is 134 Å². The van der Waals surface area contributed by atoms with Gasteiger partial charge in [0.25, 0.3) is 0 Å². The number of hydrogen-bond acceptors (Lipinski definition) is 5. The Morgan fingerprint density at radius 2 is 1.40 bits per heavy atom. The summed E-state index contributed by atoms with van der Waals surface area (Å²) in [6, 6.07) is 50.4. The number of rotatable bonds is 5. The first-order valence-corrected chi connectivity index (χ1v) is 15.2. The zero-order valence-electron chi connectivity index (χ0n) is 23.7. The van der Waals surface area contributed by atoms with Gasteiger partial charge in [0.2, 0.25) is 0 Å². The van der Waals surface area contributed by atoms with Gasteiger partial charge in [0.1, 0.15) is 5.82 Å². The van der Waals surface area contributed by atoms with Crippen LogP contribution in [0, 0.1) is 18.8 Å². The fourth-order valence-electron chi connectivity index (χ4n) is 6.00. The molecule has 0 amide bonds. The molecule has 0 saturated heterocycles. The number of pyridine rings is 1. The molecule has 0 radical (unpaired) electrons. The molecular formula is C38H23N4OPtS-3. The molecule has 3 aromatic heterocycles. The Bertz CT molecular complexity index is 2320. The number of para-hydroxylation sites is 3. The van der Waals surface area contributed by atoms with Crippen molar-refractivity contribution in [2.75, 3.05) is 9.80 Å². The van der Waals surface area contributed by atoms with Gasteiger partial charge in [0.15, 0.2) is 0 Å². The summed E-state index contributed by atoms with van der Waals surface area (Å²) in [4.78, 5) is 9.05. The van der Waals surface area contributed by atoms with E-state index in [1.54, 1.807) is 11.3 Å². The molecule has 0 saturated carbocycles. The smallest absolute Gasteiger partial charge is 0.135 e. The Kier molecular flexibility index (Phi) is 6.89. The van der Waals surface area contributed by atoms with Gasteiger partial charge in [-0.3, -0.25) is 0 Å². The van der Waals surface area contributed by atoms with Crippen molar-refractivity contribution in [3.05, 3.63) is 152 Å². The Morgan fingerprint density at radius 1 is 0.644 bits per heavy atom. The molecule has 0 fully saturated rings. The van der Waals surface area contributed by atoms with Crippen LogP contribution in [0.3, 0.4) is 0 Å². The van der Waals surface area contributed by atoms with Crippen LogP contribution in [-0.2, 0) is 21.1 Å². The summed E-state index contributed by atoms with van der Waals surface area (Å²) >= 11 is 1.80. The van der Waals surface area contributed by atoms with Crippen LogP contribution < -0.4 is 14.5 Å². The molecule has 0 aliphatic carbocycles. The van der Waals surface area contributed by atoms with E-state index in [1.807, 2.05) is 54.7 Å². The van der Waals surface area contributed by atoms with Crippen molar-refractivity contribution in [2.45, 2.75) is 0 Å². The number of anilines is 4. The van der Waals surface area contributed by atoms with Crippen LogP contribution in [0.2, 0.25) is 0 Å². The Labute approximate surface area is 278 Å². The first-order chi connectivity index (χ1) is 21.8. The van der Waals surface area contributed by atoms with Crippen molar-refractivity contribution in [3.8, 4) is 17.3 Å². The number of benzene rings is 5. The van der Waals surface area contributed by atoms with Crippen LogP contribution in [0.25, 0.3) is 37.0 Å². The third-order valence-corrected chi connectivity index (χ3v) is 9.13. The zero-order valence-corrected chi connectivity index (χ0v) is 26.8. The quantitative estimate of drug-likeness (QED) is 0.163. The van der Waals surface area contributed by atoms with Gasteiger partial charge >= 0.3 is 0 Å². The fourth-order valence-corrected chi connectivity index (χ4v) is 7.21. The summed E-state index contributed by atoms with van der Waals surface area (Å²) in [6.07, 6.45) is 1.83. The zero-order chi connectivity index (χ0) is 29.0. The average molecular weight is 779 g/mol. The third-order valence-electron chi connectivity index (χ3n) is 7.94. The second-order valence-electron chi connectivity index (χ2n) is 10.6. The minimum absolute atomic E-state index is 0. The molecule has 7 heteroatoms.